The molecule has 0 amide bonds. The van der Waals surface area contributed by atoms with E-state index in [4.69, 9.17) is 4.98 Å². The minimum absolute atomic E-state index is 0.0981. The minimum atomic E-state index is -0.0981. The maximum Gasteiger partial charge on any atom is 0.258 e. The van der Waals surface area contributed by atoms with Crippen LogP contribution >= 0.6 is 0 Å². The molecule has 6 nitrogen and oxygen atoms in total. The van der Waals surface area contributed by atoms with Crippen LogP contribution in [0.1, 0.15) is 23.2 Å². The summed E-state index contributed by atoms with van der Waals surface area (Å²) >= 11 is 0. The molecule has 2 aromatic carbocycles. The Labute approximate surface area is 155 Å². The van der Waals surface area contributed by atoms with E-state index in [1.54, 1.807) is 6.20 Å². The largest absolute Gasteiger partial charge is 0.315 e. The summed E-state index contributed by atoms with van der Waals surface area (Å²) in [5.74, 6) is 1.21. The van der Waals surface area contributed by atoms with Crippen molar-refractivity contribution in [3.63, 3.8) is 0 Å². The molecule has 0 unspecified atom stereocenters. The fraction of sp³-hybridized carbons (Fsp3) is 0.190. The van der Waals surface area contributed by atoms with Crippen LogP contribution in [0.5, 0.6) is 0 Å². The number of aromatic nitrogens is 4. The van der Waals surface area contributed by atoms with Crippen molar-refractivity contribution >= 4 is 10.9 Å². The number of H-pyrrole nitrogens is 2. The molecule has 3 N–H and O–H groups in total. The highest BCUT2D eigenvalue weighted by atomic mass is 16.1. The van der Waals surface area contributed by atoms with Gasteiger partial charge in [-0.1, -0.05) is 36.4 Å². The first-order valence-electron chi connectivity index (χ1n) is 9.08. The highest BCUT2D eigenvalue weighted by molar-refractivity contribution is 5.83. The molecule has 27 heavy (non-hydrogen) atoms. The van der Waals surface area contributed by atoms with Gasteiger partial charge in [-0.15, -0.1) is 0 Å². The Balaban J connectivity index is 1.56. The molecule has 2 atom stereocenters. The fourth-order valence-corrected chi connectivity index (χ4v) is 3.94. The summed E-state index contributed by atoms with van der Waals surface area (Å²) in [7, 11) is 0. The van der Waals surface area contributed by atoms with Crippen molar-refractivity contribution in [1.29, 1.82) is 0 Å². The Morgan fingerprint density at radius 2 is 1.81 bits per heavy atom. The molecule has 0 saturated carbocycles. The summed E-state index contributed by atoms with van der Waals surface area (Å²) in [6, 6.07) is 16.2. The van der Waals surface area contributed by atoms with E-state index in [1.807, 2.05) is 30.5 Å². The first kappa shape index (κ1) is 16.0. The highest BCUT2D eigenvalue weighted by Crippen LogP contribution is 2.34. The van der Waals surface area contributed by atoms with Crippen molar-refractivity contribution in [3.8, 4) is 11.1 Å². The second kappa shape index (κ2) is 6.48. The second-order valence-corrected chi connectivity index (χ2v) is 6.95. The molecule has 0 bridgehead atoms. The van der Waals surface area contributed by atoms with Crippen LogP contribution < -0.4 is 10.9 Å². The van der Waals surface area contributed by atoms with E-state index >= 15 is 0 Å². The maximum atomic E-state index is 12.8. The molecular weight excluding hydrogens is 338 g/mol. The normalized spacial score (nSPS) is 19.6. The zero-order chi connectivity index (χ0) is 18.2. The van der Waals surface area contributed by atoms with Gasteiger partial charge in [0.1, 0.15) is 5.82 Å². The third-order valence-corrected chi connectivity index (χ3v) is 5.35. The zero-order valence-corrected chi connectivity index (χ0v) is 14.6. The van der Waals surface area contributed by atoms with Crippen LogP contribution in [-0.2, 0) is 0 Å². The zero-order valence-electron chi connectivity index (χ0n) is 14.6. The van der Waals surface area contributed by atoms with Gasteiger partial charge in [0.2, 0.25) is 0 Å². The molecule has 4 aromatic rings. The number of benzene rings is 2. The Hall–Kier alpha value is -3.25. The van der Waals surface area contributed by atoms with Crippen LogP contribution in [0.2, 0.25) is 0 Å². The van der Waals surface area contributed by atoms with Crippen LogP contribution in [0, 0.1) is 0 Å². The molecule has 2 aromatic heterocycles. The van der Waals surface area contributed by atoms with Crippen LogP contribution in [-0.4, -0.2) is 33.3 Å². The van der Waals surface area contributed by atoms with Gasteiger partial charge >= 0.3 is 0 Å². The van der Waals surface area contributed by atoms with Crippen molar-refractivity contribution < 1.29 is 0 Å². The summed E-state index contributed by atoms with van der Waals surface area (Å²) in [5.41, 5.74) is 3.79. The number of rotatable bonds is 3. The molecule has 5 rings (SSSR count). The Morgan fingerprint density at radius 3 is 2.63 bits per heavy atom. The lowest BCUT2D eigenvalue weighted by molar-refractivity contribution is 0.627. The van der Waals surface area contributed by atoms with Crippen LogP contribution in [0.15, 0.2) is 65.7 Å². The van der Waals surface area contributed by atoms with E-state index in [2.05, 4.69) is 44.8 Å². The van der Waals surface area contributed by atoms with E-state index in [9.17, 15) is 4.79 Å². The Morgan fingerprint density at radius 1 is 0.963 bits per heavy atom. The van der Waals surface area contributed by atoms with Crippen LogP contribution in [0.4, 0.5) is 0 Å². The maximum absolute atomic E-state index is 12.8. The number of nitrogens with zero attached hydrogens (tertiary/aromatic N) is 2. The third kappa shape index (κ3) is 2.84. The molecule has 1 fully saturated rings. The first-order valence-corrected chi connectivity index (χ1v) is 9.08. The molecule has 6 heteroatoms. The van der Waals surface area contributed by atoms with Gasteiger partial charge in [-0.05, 0) is 23.3 Å². The van der Waals surface area contributed by atoms with E-state index < -0.39 is 0 Å². The topological polar surface area (TPSA) is 86.5 Å². The summed E-state index contributed by atoms with van der Waals surface area (Å²) in [6.45, 7) is 1.69. The van der Waals surface area contributed by atoms with Crippen molar-refractivity contribution in [3.05, 3.63) is 82.7 Å². The summed E-state index contributed by atoms with van der Waals surface area (Å²) in [6.07, 6.45) is 3.55. The monoisotopic (exact) mass is 357 g/mol. The molecular formula is C21H19N5O. The van der Waals surface area contributed by atoms with E-state index in [-0.39, 0.29) is 11.5 Å². The fourth-order valence-electron chi connectivity index (χ4n) is 3.94. The van der Waals surface area contributed by atoms with Gasteiger partial charge in [-0.25, -0.2) is 4.98 Å². The minimum Gasteiger partial charge on any atom is -0.315 e. The Kier molecular flexibility index (Phi) is 3.83. The number of aromatic amines is 2. The quantitative estimate of drug-likeness (QED) is 0.526. The SMILES string of the molecule is O=c1[nH]c([C@H]2CNC[C@@H]2c2ccccc2)nc2ccc(-c3cn[nH]c3)cc12. The number of nitrogens with one attached hydrogen (secondary N) is 3. The van der Waals surface area contributed by atoms with Gasteiger partial charge < -0.3 is 10.3 Å². The van der Waals surface area contributed by atoms with Crippen molar-refractivity contribution in [2.75, 3.05) is 13.1 Å². The molecule has 134 valence electrons. The average molecular weight is 357 g/mol. The first-order chi connectivity index (χ1) is 13.3. The standard InChI is InChI=1S/C21H19N5O/c27-21-16-8-14(15-9-23-24-10-15)6-7-19(16)25-20(26-21)18-12-22-11-17(18)13-4-2-1-3-5-13/h1-10,17-18,22H,11-12H2,(H,23,24)(H,25,26,27)/t17-,18+/m1/s1. The summed E-state index contributed by atoms with van der Waals surface area (Å²) in [4.78, 5) is 20.6. The summed E-state index contributed by atoms with van der Waals surface area (Å²) < 4.78 is 0. The van der Waals surface area contributed by atoms with E-state index in [1.165, 1.54) is 5.56 Å². The number of hydrogen-bond donors (Lipinski definition) is 3. The number of hydrogen-bond acceptors (Lipinski definition) is 4. The lowest BCUT2D eigenvalue weighted by atomic mass is 9.88. The number of fused-ring (bicyclic) bond motifs is 1. The lowest BCUT2D eigenvalue weighted by Crippen LogP contribution is -2.19. The Bertz CT molecular complexity index is 1130. The lowest BCUT2D eigenvalue weighted by Gasteiger charge is -2.18. The predicted molar refractivity (Wildman–Crippen MR) is 105 cm³/mol. The van der Waals surface area contributed by atoms with Gasteiger partial charge in [0.25, 0.3) is 5.56 Å². The van der Waals surface area contributed by atoms with Crippen LogP contribution in [0.3, 0.4) is 0 Å². The van der Waals surface area contributed by atoms with Gasteiger partial charge in [0.05, 0.1) is 17.1 Å². The van der Waals surface area contributed by atoms with Crippen molar-refractivity contribution in [1.82, 2.24) is 25.5 Å². The molecule has 0 radical (unpaired) electrons. The molecule has 3 heterocycles. The average Bonchev–Trinajstić information content (AvgIpc) is 3.40. The molecule has 1 aliphatic rings. The molecule has 0 aliphatic carbocycles. The van der Waals surface area contributed by atoms with Crippen molar-refractivity contribution in [2.45, 2.75) is 11.8 Å². The van der Waals surface area contributed by atoms with E-state index in [0.29, 0.717) is 11.3 Å². The van der Waals surface area contributed by atoms with Gasteiger partial charge in [0, 0.05) is 36.7 Å². The third-order valence-electron chi connectivity index (χ3n) is 5.35. The van der Waals surface area contributed by atoms with Crippen LogP contribution in [0.25, 0.3) is 22.0 Å². The predicted octanol–water partition coefficient (Wildman–Crippen LogP) is 2.78. The molecule has 1 aliphatic heterocycles. The van der Waals surface area contributed by atoms with E-state index in [0.717, 1.165) is 35.6 Å². The van der Waals surface area contributed by atoms with Gasteiger partial charge in [0.15, 0.2) is 0 Å². The van der Waals surface area contributed by atoms with Gasteiger partial charge in [-0.2, -0.15) is 5.10 Å². The molecule has 1 saturated heterocycles. The van der Waals surface area contributed by atoms with Crippen molar-refractivity contribution in [2.24, 2.45) is 0 Å². The van der Waals surface area contributed by atoms with Gasteiger partial charge in [-0.3, -0.25) is 9.89 Å². The second-order valence-electron chi connectivity index (χ2n) is 6.95. The summed E-state index contributed by atoms with van der Waals surface area (Å²) in [5, 5.41) is 10.8. The highest BCUT2D eigenvalue weighted by Gasteiger charge is 2.31. The smallest absolute Gasteiger partial charge is 0.258 e. The molecule has 0 spiro atoms.